The fourth-order valence-electron chi connectivity index (χ4n) is 6.44. The van der Waals surface area contributed by atoms with E-state index in [-0.39, 0.29) is 22.9 Å². The Bertz CT molecular complexity index is 1330. The largest absolute Gasteiger partial charge is 0.427 e. The highest BCUT2D eigenvalue weighted by Crippen LogP contribution is 2.58. The number of imide groups is 2. The number of nitrogens with zero attached hydrogens (tertiary/aromatic N) is 2. The molecule has 4 atom stereocenters. The monoisotopic (exact) mass is 514 g/mol. The van der Waals surface area contributed by atoms with E-state index in [9.17, 15) is 28.8 Å². The third-order valence-electron chi connectivity index (χ3n) is 7.68. The number of hydrogen-bond acceptors (Lipinski definition) is 8. The topological polar surface area (TPSA) is 127 Å². The van der Waals surface area contributed by atoms with Gasteiger partial charge in [-0.3, -0.25) is 28.8 Å². The summed E-state index contributed by atoms with van der Waals surface area (Å²) in [5, 5.41) is 0. The summed E-state index contributed by atoms with van der Waals surface area (Å²) in [6, 6.07) is 12.3. The van der Waals surface area contributed by atoms with E-state index in [2.05, 4.69) is 0 Å². The number of allylic oxidation sites excluding steroid dienone is 2. The second-order valence-electron chi connectivity index (χ2n) is 9.85. The molecule has 10 heteroatoms. The summed E-state index contributed by atoms with van der Waals surface area (Å²) in [6.45, 7) is 2.50. The van der Waals surface area contributed by atoms with Gasteiger partial charge in [0.25, 0.3) is 0 Å². The molecular weight excluding hydrogens is 492 g/mol. The summed E-state index contributed by atoms with van der Waals surface area (Å²) in [6.07, 6.45) is 3.56. The van der Waals surface area contributed by atoms with Crippen molar-refractivity contribution in [3.05, 3.63) is 60.7 Å². The molecule has 2 aromatic rings. The fourth-order valence-corrected chi connectivity index (χ4v) is 6.44. The second-order valence-corrected chi connectivity index (χ2v) is 9.85. The number of amides is 4. The van der Waals surface area contributed by atoms with Gasteiger partial charge in [0.1, 0.15) is 11.5 Å². The predicted octanol–water partition coefficient (Wildman–Crippen LogP) is 2.26. The standard InChI is InChI=1S/C28H22N2O8/c1-13(31)37-17-7-3-5-15(11-17)29-25(33)21-19-9-10-20(22(21)26(29)34)24-23(19)27(35)30(28(24)36)16-6-4-8-18(12-16)38-14(2)32/h3-12,19-24H,1-2H3/t19?,20?,21-,22+,23-,24+. The van der Waals surface area contributed by atoms with E-state index >= 15 is 0 Å². The molecule has 10 nitrogen and oxygen atoms in total. The van der Waals surface area contributed by atoms with Gasteiger partial charge in [0, 0.05) is 37.8 Å². The SMILES string of the molecule is CC(=O)Oc1cccc(N2C(=O)[C@@H]3C4C=CC([C@@H]3C2=O)[C@@H]2C(=O)N(c3cccc(OC(C)=O)c3)C(=O)[C@H]42)c1. The van der Waals surface area contributed by atoms with Crippen LogP contribution in [0, 0.1) is 35.5 Å². The van der Waals surface area contributed by atoms with Crippen LogP contribution in [0.4, 0.5) is 11.4 Å². The first-order chi connectivity index (χ1) is 18.2. The van der Waals surface area contributed by atoms with Gasteiger partial charge in [0.2, 0.25) is 23.6 Å². The first-order valence-corrected chi connectivity index (χ1v) is 12.2. The summed E-state index contributed by atoms with van der Waals surface area (Å²) in [7, 11) is 0. The van der Waals surface area contributed by atoms with E-state index < -0.39 is 71.1 Å². The van der Waals surface area contributed by atoms with Gasteiger partial charge < -0.3 is 9.47 Å². The molecule has 2 aromatic carbocycles. The summed E-state index contributed by atoms with van der Waals surface area (Å²) in [5.74, 6) is -6.92. The van der Waals surface area contributed by atoms with Gasteiger partial charge in [-0.1, -0.05) is 24.3 Å². The lowest BCUT2D eigenvalue weighted by Gasteiger charge is -2.44. The van der Waals surface area contributed by atoms with E-state index in [4.69, 9.17) is 9.47 Å². The molecule has 192 valence electrons. The summed E-state index contributed by atoms with van der Waals surface area (Å²) >= 11 is 0. The zero-order chi connectivity index (χ0) is 26.9. The maximum absolute atomic E-state index is 13.7. The Hall–Kier alpha value is -4.60. The number of anilines is 2. The van der Waals surface area contributed by atoms with Crippen LogP contribution in [-0.2, 0) is 28.8 Å². The minimum absolute atomic E-state index is 0.195. The predicted molar refractivity (Wildman–Crippen MR) is 131 cm³/mol. The molecule has 0 aromatic heterocycles. The van der Waals surface area contributed by atoms with Crippen molar-refractivity contribution in [3.8, 4) is 11.5 Å². The molecular formula is C28H22N2O8. The Morgan fingerprint density at radius 2 is 0.947 bits per heavy atom. The lowest BCUT2D eigenvalue weighted by atomic mass is 9.54. The molecule has 0 N–H and O–H groups in total. The van der Waals surface area contributed by atoms with Crippen LogP contribution in [0.5, 0.6) is 11.5 Å². The maximum atomic E-state index is 13.7. The minimum atomic E-state index is -0.791. The first kappa shape index (κ1) is 23.8. The smallest absolute Gasteiger partial charge is 0.308 e. The first-order valence-electron chi connectivity index (χ1n) is 12.2. The average molecular weight is 514 g/mol. The number of ether oxygens (including phenoxy) is 2. The van der Waals surface area contributed by atoms with Crippen molar-refractivity contribution < 1.29 is 38.2 Å². The van der Waals surface area contributed by atoms with Crippen molar-refractivity contribution >= 4 is 46.9 Å². The van der Waals surface area contributed by atoms with Crippen molar-refractivity contribution in [2.24, 2.45) is 35.5 Å². The van der Waals surface area contributed by atoms with Gasteiger partial charge in [-0.2, -0.15) is 0 Å². The Kier molecular flexibility index (Phi) is 5.30. The Morgan fingerprint density at radius 1 is 0.605 bits per heavy atom. The van der Waals surface area contributed by atoms with Crippen molar-refractivity contribution in [2.45, 2.75) is 13.8 Å². The Morgan fingerprint density at radius 3 is 1.26 bits per heavy atom. The molecule has 2 heterocycles. The van der Waals surface area contributed by atoms with Gasteiger partial charge in [-0.05, 0) is 24.3 Å². The van der Waals surface area contributed by atoms with Gasteiger partial charge in [-0.15, -0.1) is 0 Å². The minimum Gasteiger partial charge on any atom is -0.427 e. The quantitative estimate of drug-likeness (QED) is 0.263. The number of carbonyl (C=O) groups is 6. The van der Waals surface area contributed by atoms with E-state index in [1.807, 2.05) is 0 Å². The van der Waals surface area contributed by atoms with Crippen LogP contribution in [0.25, 0.3) is 0 Å². The molecule has 3 fully saturated rings. The highest BCUT2D eigenvalue weighted by atomic mass is 16.5. The Balaban J connectivity index is 1.34. The second kappa shape index (κ2) is 8.47. The third-order valence-corrected chi connectivity index (χ3v) is 7.68. The van der Waals surface area contributed by atoms with E-state index in [0.717, 1.165) is 9.80 Å². The van der Waals surface area contributed by atoms with Crippen LogP contribution in [0.1, 0.15) is 13.8 Å². The van der Waals surface area contributed by atoms with E-state index in [1.165, 1.54) is 26.0 Å². The number of hydrogen-bond donors (Lipinski definition) is 0. The lowest BCUT2D eigenvalue weighted by Crippen LogP contribution is -2.50. The van der Waals surface area contributed by atoms with Gasteiger partial charge in [0.05, 0.1) is 35.0 Å². The highest BCUT2D eigenvalue weighted by Gasteiger charge is 2.68. The molecule has 2 bridgehead atoms. The molecule has 0 radical (unpaired) electrons. The molecule has 0 unspecified atom stereocenters. The molecule has 0 spiro atoms. The molecule has 2 saturated heterocycles. The number of carbonyl (C=O) groups excluding carboxylic acids is 6. The summed E-state index contributed by atoms with van der Waals surface area (Å²) in [4.78, 5) is 79.5. The average Bonchev–Trinajstić information content (AvgIpc) is 3.30. The van der Waals surface area contributed by atoms with Crippen molar-refractivity contribution in [1.82, 2.24) is 0 Å². The molecule has 4 amide bonds. The molecule has 3 aliphatic carbocycles. The molecule has 1 saturated carbocycles. The van der Waals surface area contributed by atoms with Crippen molar-refractivity contribution in [3.63, 3.8) is 0 Å². The van der Waals surface area contributed by atoms with Gasteiger partial charge in [-0.25, -0.2) is 9.80 Å². The van der Waals surface area contributed by atoms with Crippen LogP contribution in [-0.4, -0.2) is 35.6 Å². The molecule has 38 heavy (non-hydrogen) atoms. The van der Waals surface area contributed by atoms with Crippen LogP contribution < -0.4 is 19.3 Å². The van der Waals surface area contributed by atoms with E-state index in [1.54, 1.807) is 48.6 Å². The molecule has 5 aliphatic rings. The van der Waals surface area contributed by atoms with Gasteiger partial charge in [0.15, 0.2) is 0 Å². The van der Waals surface area contributed by atoms with Gasteiger partial charge >= 0.3 is 11.9 Å². The maximum Gasteiger partial charge on any atom is 0.308 e. The van der Waals surface area contributed by atoms with Crippen molar-refractivity contribution in [1.29, 1.82) is 0 Å². The number of rotatable bonds is 4. The molecule has 7 rings (SSSR count). The third kappa shape index (κ3) is 3.40. The van der Waals surface area contributed by atoms with Crippen LogP contribution in [0.3, 0.4) is 0 Å². The number of esters is 2. The lowest BCUT2D eigenvalue weighted by molar-refractivity contribution is -0.137. The van der Waals surface area contributed by atoms with Crippen LogP contribution >= 0.6 is 0 Å². The zero-order valence-electron chi connectivity index (χ0n) is 20.4. The van der Waals surface area contributed by atoms with Crippen LogP contribution in [0.15, 0.2) is 60.7 Å². The normalized spacial score (nSPS) is 29.0. The summed E-state index contributed by atoms with van der Waals surface area (Å²) in [5.41, 5.74) is 0.526. The van der Waals surface area contributed by atoms with Crippen LogP contribution in [0.2, 0.25) is 0 Å². The Labute approximate surface area is 216 Å². The highest BCUT2D eigenvalue weighted by molar-refractivity contribution is 6.26. The van der Waals surface area contributed by atoms with Crippen molar-refractivity contribution in [2.75, 3.05) is 9.80 Å². The zero-order valence-corrected chi connectivity index (χ0v) is 20.4. The molecule has 2 aliphatic heterocycles. The number of benzene rings is 2. The fraction of sp³-hybridized carbons (Fsp3) is 0.286. The van der Waals surface area contributed by atoms with E-state index in [0.29, 0.717) is 0 Å². The summed E-state index contributed by atoms with van der Waals surface area (Å²) < 4.78 is 10.2.